The van der Waals surface area contributed by atoms with E-state index < -0.39 is 19.9 Å². The van der Waals surface area contributed by atoms with Crippen LogP contribution in [0, 0.1) is 6.92 Å². The number of benzene rings is 1. The molecule has 148 valence electrons. The molecule has 0 fully saturated rings. The maximum Gasteiger partial charge on any atom is 0.211 e. The smallest absolute Gasteiger partial charge is 0.211 e. The van der Waals surface area contributed by atoms with Crippen molar-refractivity contribution in [1.29, 1.82) is 0 Å². The zero-order valence-electron chi connectivity index (χ0n) is 15.7. The predicted molar refractivity (Wildman–Crippen MR) is 105 cm³/mol. The molecule has 0 atom stereocenters. The summed E-state index contributed by atoms with van der Waals surface area (Å²) >= 11 is 0. The number of hydrogen-bond acceptors (Lipinski definition) is 5. The van der Waals surface area contributed by atoms with Crippen LogP contribution in [0.15, 0.2) is 28.1 Å². The Hall–Kier alpha value is -1.65. The molecule has 1 aromatic carbocycles. The fourth-order valence-electron chi connectivity index (χ4n) is 2.23. The maximum atomic E-state index is 11.7. The molecule has 0 aliphatic heterocycles. The largest absolute Gasteiger partial charge is 0.357 e. The van der Waals surface area contributed by atoms with Crippen LogP contribution >= 0.6 is 0 Å². The van der Waals surface area contributed by atoms with Gasteiger partial charge in [-0.3, -0.25) is 0 Å². The van der Waals surface area contributed by atoms with Crippen molar-refractivity contribution in [3.63, 3.8) is 0 Å². The van der Waals surface area contributed by atoms with Crippen LogP contribution in [-0.2, 0) is 26.4 Å². The monoisotopic (exact) mass is 404 g/mol. The molecule has 8 nitrogen and oxygen atoms in total. The SMILES string of the molecule is CCNC(=NCc1ccc(S(C)(=O)=O)c(C)c1)NCCNS(=O)(=O)CC. The topological polar surface area (TPSA) is 117 Å². The first-order valence-corrected chi connectivity index (χ1v) is 11.9. The molecule has 0 aliphatic carbocycles. The van der Waals surface area contributed by atoms with Crippen molar-refractivity contribution in [3.8, 4) is 0 Å². The second kappa shape index (κ2) is 9.89. The number of nitrogens with one attached hydrogen (secondary N) is 3. The summed E-state index contributed by atoms with van der Waals surface area (Å²) in [4.78, 5) is 4.76. The molecule has 1 rings (SSSR count). The first-order valence-electron chi connectivity index (χ1n) is 8.38. The van der Waals surface area contributed by atoms with Crippen molar-refractivity contribution >= 4 is 25.8 Å². The van der Waals surface area contributed by atoms with Gasteiger partial charge in [0.2, 0.25) is 10.0 Å². The van der Waals surface area contributed by atoms with Crippen LogP contribution in [0.5, 0.6) is 0 Å². The highest BCUT2D eigenvalue weighted by molar-refractivity contribution is 7.90. The minimum atomic E-state index is -3.24. The molecule has 0 heterocycles. The van der Waals surface area contributed by atoms with Gasteiger partial charge in [0.05, 0.1) is 17.2 Å². The summed E-state index contributed by atoms with van der Waals surface area (Å²) in [6, 6.07) is 5.14. The van der Waals surface area contributed by atoms with E-state index in [0.717, 1.165) is 5.56 Å². The van der Waals surface area contributed by atoms with Crippen LogP contribution in [0.3, 0.4) is 0 Å². The van der Waals surface area contributed by atoms with Crippen molar-refractivity contribution in [1.82, 2.24) is 15.4 Å². The molecule has 0 bridgehead atoms. The Bertz CT molecular complexity index is 834. The van der Waals surface area contributed by atoms with E-state index >= 15 is 0 Å². The Morgan fingerprint density at radius 1 is 1.08 bits per heavy atom. The fraction of sp³-hybridized carbons (Fsp3) is 0.562. The van der Waals surface area contributed by atoms with Crippen molar-refractivity contribution in [2.24, 2.45) is 4.99 Å². The van der Waals surface area contributed by atoms with Gasteiger partial charge in [-0.1, -0.05) is 12.1 Å². The number of aliphatic imine (C=N–C) groups is 1. The lowest BCUT2D eigenvalue weighted by molar-refractivity contribution is 0.581. The highest BCUT2D eigenvalue weighted by Gasteiger charge is 2.10. The molecule has 0 aliphatic rings. The van der Waals surface area contributed by atoms with E-state index in [9.17, 15) is 16.8 Å². The molecule has 3 N–H and O–H groups in total. The highest BCUT2D eigenvalue weighted by atomic mass is 32.2. The maximum absolute atomic E-state index is 11.7. The van der Waals surface area contributed by atoms with E-state index in [4.69, 9.17) is 0 Å². The van der Waals surface area contributed by atoms with E-state index in [1.807, 2.05) is 6.92 Å². The number of sulfone groups is 1. The van der Waals surface area contributed by atoms with Gasteiger partial charge in [0.25, 0.3) is 0 Å². The third kappa shape index (κ3) is 7.71. The third-order valence-corrected chi connectivity index (χ3v) is 6.18. The van der Waals surface area contributed by atoms with Crippen LogP contribution in [0.1, 0.15) is 25.0 Å². The number of aryl methyl sites for hydroxylation is 1. The molecule has 0 saturated carbocycles. The Balaban J connectivity index is 2.70. The lowest BCUT2D eigenvalue weighted by Gasteiger charge is -2.12. The van der Waals surface area contributed by atoms with Gasteiger partial charge < -0.3 is 10.6 Å². The molecule has 0 amide bonds. The number of nitrogens with zero attached hydrogens (tertiary/aromatic N) is 1. The Morgan fingerprint density at radius 2 is 1.77 bits per heavy atom. The average Bonchev–Trinajstić information content (AvgIpc) is 2.55. The summed E-state index contributed by atoms with van der Waals surface area (Å²) < 4.78 is 48.6. The number of rotatable bonds is 9. The van der Waals surface area contributed by atoms with Crippen LogP contribution in [0.2, 0.25) is 0 Å². The van der Waals surface area contributed by atoms with Gasteiger partial charge in [-0.2, -0.15) is 0 Å². The number of hydrogen-bond donors (Lipinski definition) is 3. The van der Waals surface area contributed by atoms with Crippen molar-refractivity contribution in [3.05, 3.63) is 29.3 Å². The first kappa shape index (κ1) is 22.4. The van der Waals surface area contributed by atoms with E-state index in [2.05, 4.69) is 20.3 Å². The van der Waals surface area contributed by atoms with Gasteiger partial charge in [0.15, 0.2) is 15.8 Å². The average molecular weight is 405 g/mol. The standard InChI is InChI=1S/C16H28N4O4S2/c1-5-17-16(18-9-10-20-26(23,24)6-2)19-12-14-7-8-15(13(3)11-14)25(4,21)22/h7-8,11,20H,5-6,9-10,12H2,1-4H3,(H2,17,18,19). The lowest BCUT2D eigenvalue weighted by Crippen LogP contribution is -2.41. The lowest BCUT2D eigenvalue weighted by atomic mass is 10.1. The second-order valence-electron chi connectivity index (χ2n) is 5.79. The molecule has 0 aromatic heterocycles. The minimum Gasteiger partial charge on any atom is -0.357 e. The summed E-state index contributed by atoms with van der Waals surface area (Å²) in [5.74, 6) is 0.609. The van der Waals surface area contributed by atoms with Crippen LogP contribution in [0.4, 0.5) is 0 Å². The minimum absolute atomic E-state index is 0.0456. The van der Waals surface area contributed by atoms with Gasteiger partial charge in [-0.05, 0) is 38.0 Å². The summed E-state index contributed by atoms with van der Waals surface area (Å²) in [5.41, 5.74) is 1.57. The van der Waals surface area contributed by atoms with Gasteiger partial charge in [-0.15, -0.1) is 0 Å². The number of sulfonamides is 1. The molecule has 0 radical (unpaired) electrons. The Morgan fingerprint density at radius 3 is 2.31 bits per heavy atom. The summed E-state index contributed by atoms with van der Waals surface area (Å²) in [6.45, 7) is 6.98. The van der Waals surface area contributed by atoms with Gasteiger partial charge >= 0.3 is 0 Å². The molecular formula is C16H28N4O4S2. The molecule has 26 heavy (non-hydrogen) atoms. The van der Waals surface area contributed by atoms with Crippen LogP contribution < -0.4 is 15.4 Å². The van der Waals surface area contributed by atoms with Crippen molar-refractivity contribution in [2.75, 3.05) is 31.6 Å². The fourth-order valence-corrected chi connectivity index (χ4v) is 3.80. The quantitative estimate of drug-likeness (QED) is 0.311. The highest BCUT2D eigenvalue weighted by Crippen LogP contribution is 2.17. The van der Waals surface area contributed by atoms with Gasteiger partial charge in [-0.25, -0.2) is 26.6 Å². The molecule has 10 heteroatoms. The van der Waals surface area contributed by atoms with Crippen molar-refractivity contribution < 1.29 is 16.8 Å². The predicted octanol–water partition coefficient (Wildman–Crippen LogP) is 0.393. The molecule has 0 saturated heterocycles. The third-order valence-electron chi connectivity index (χ3n) is 3.52. The molecule has 1 aromatic rings. The Kier molecular flexibility index (Phi) is 8.51. The molecule has 0 spiro atoms. The zero-order valence-corrected chi connectivity index (χ0v) is 17.3. The van der Waals surface area contributed by atoms with Gasteiger partial charge in [0, 0.05) is 25.9 Å². The summed E-state index contributed by atoms with van der Waals surface area (Å²) in [5, 5.41) is 6.13. The molecular weight excluding hydrogens is 376 g/mol. The van der Waals surface area contributed by atoms with E-state index in [1.165, 1.54) is 6.26 Å². The molecule has 0 unspecified atom stereocenters. The second-order valence-corrected chi connectivity index (χ2v) is 9.87. The van der Waals surface area contributed by atoms with Crippen LogP contribution in [-0.4, -0.2) is 54.4 Å². The normalized spacial score (nSPS) is 12.8. The summed E-state index contributed by atoms with van der Waals surface area (Å²) in [7, 11) is -6.44. The van der Waals surface area contributed by atoms with Gasteiger partial charge in [0.1, 0.15) is 0 Å². The van der Waals surface area contributed by atoms with E-state index in [0.29, 0.717) is 36.1 Å². The first-order chi connectivity index (χ1) is 12.1. The van der Waals surface area contributed by atoms with E-state index in [1.54, 1.807) is 32.0 Å². The number of guanidine groups is 1. The Labute approximate surface area is 156 Å². The summed E-state index contributed by atoms with van der Waals surface area (Å²) in [6.07, 6.45) is 1.19. The van der Waals surface area contributed by atoms with Crippen LogP contribution in [0.25, 0.3) is 0 Å². The van der Waals surface area contributed by atoms with Crippen molar-refractivity contribution in [2.45, 2.75) is 32.2 Å². The zero-order chi connectivity index (χ0) is 19.8. The van der Waals surface area contributed by atoms with E-state index in [-0.39, 0.29) is 12.3 Å².